The summed E-state index contributed by atoms with van der Waals surface area (Å²) in [7, 11) is 0. The summed E-state index contributed by atoms with van der Waals surface area (Å²) in [5.41, 5.74) is 3.25. The van der Waals surface area contributed by atoms with E-state index in [4.69, 9.17) is 4.74 Å². The van der Waals surface area contributed by atoms with Gasteiger partial charge >= 0.3 is 0 Å². The van der Waals surface area contributed by atoms with Crippen molar-refractivity contribution in [3.63, 3.8) is 0 Å². The Balaban J connectivity index is 1.58. The van der Waals surface area contributed by atoms with Crippen molar-refractivity contribution in [3.8, 4) is 0 Å². The SMILES string of the molecule is CC(=O)N[C@@H](CC(=O)NCc1ccccc1CN1CCOCC1)c1ccccc1. The number of morpholine rings is 1. The highest BCUT2D eigenvalue weighted by atomic mass is 16.5. The molecule has 2 N–H and O–H groups in total. The molecule has 6 heteroatoms. The molecule has 0 saturated carbocycles. The molecule has 1 saturated heterocycles. The Morgan fingerprint density at radius 2 is 1.66 bits per heavy atom. The quantitative estimate of drug-likeness (QED) is 0.720. The first kappa shape index (κ1) is 21.0. The number of carbonyl (C=O) groups excluding carboxylic acids is 2. The molecule has 3 rings (SSSR count). The van der Waals surface area contributed by atoms with Gasteiger partial charge in [-0.25, -0.2) is 0 Å². The van der Waals surface area contributed by atoms with Crippen molar-refractivity contribution in [2.24, 2.45) is 0 Å². The minimum atomic E-state index is -0.336. The summed E-state index contributed by atoms with van der Waals surface area (Å²) in [6.45, 7) is 6.18. The number of rotatable bonds is 8. The predicted octanol–water partition coefficient (Wildman–Crippen LogP) is 2.40. The van der Waals surface area contributed by atoms with Crippen LogP contribution < -0.4 is 10.6 Å². The van der Waals surface area contributed by atoms with E-state index in [2.05, 4.69) is 27.7 Å². The Kier molecular flexibility index (Phi) is 7.78. The maximum atomic E-state index is 12.6. The van der Waals surface area contributed by atoms with E-state index in [1.54, 1.807) is 0 Å². The second kappa shape index (κ2) is 10.7. The number of nitrogens with one attached hydrogen (secondary N) is 2. The van der Waals surface area contributed by atoms with E-state index >= 15 is 0 Å². The van der Waals surface area contributed by atoms with Gasteiger partial charge in [0.25, 0.3) is 0 Å². The molecule has 2 aromatic rings. The Hall–Kier alpha value is -2.70. The number of ether oxygens (including phenoxy) is 1. The third kappa shape index (κ3) is 6.69. The van der Waals surface area contributed by atoms with E-state index in [1.807, 2.05) is 42.5 Å². The summed E-state index contributed by atoms with van der Waals surface area (Å²) in [6.07, 6.45) is 0.204. The summed E-state index contributed by atoms with van der Waals surface area (Å²) >= 11 is 0. The molecule has 154 valence electrons. The molecular formula is C23H29N3O3. The molecular weight excluding hydrogens is 366 g/mol. The fraction of sp³-hybridized carbons (Fsp3) is 0.391. The van der Waals surface area contributed by atoms with Crippen molar-refractivity contribution in [3.05, 3.63) is 71.3 Å². The van der Waals surface area contributed by atoms with Gasteiger partial charge in [0.15, 0.2) is 0 Å². The lowest BCUT2D eigenvalue weighted by molar-refractivity contribution is -0.122. The van der Waals surface area contributed by atoms with E-state index in [9.17, 15) is 9.59 Å². The van der Waals surface area contributed by atoms with Crippen LogP contribution >= 0.6 is 0 Å². The monoisotopic (exact) mass is 395 g/mol. The van der Waals surface area contributed by atoms with Crippen LogP contribution in [0.3, 0.4) is 0 Å². The van der Waals surface area contributed by atoms with Crippen molar-refractivity contribution >= 4 is 11.8 Å². The van der Waals surface area contributed by atoms with Gasteiger partial charge in [-0.15, -0.1) is 0 Å². The number of benzene rings is 2. The average molecular weight is 396 g/mol. The van der Waals surface area contributed by atoms with Gasteiger partial charge in [0.1, 0.15) is 0 Å². The van der Waals surface area contributed by atoms with Crippen LogP contribution in [0.4, 0.5) is 0 Å². The van der Waals surface area contributed by atoms with Crippen LogP contribution in [0.1, 0.15) is 36.1 Å². The maximum absolute atomic E-state index is 12.6. The van der Waals surface area contributed by atoms with E-state index < -0.39 is 0 Å². The molecule has 1 fully saturated rings. The zero-order valence-electron chi connectivity index (χ0n) is 16.9. The number of hydrogen-bond donors (Lipinski definition) is 2. The van der Waals surface area contributed by atoms with E-state index in [0.29, 0.717) is 6.54 Å². The second-order valence-electron chi connectivity index (χ2n) is 7.30. The number of hydrogen-bond acceptors (Lipinski definition) is 4. The largest absolute Gasteiger partial charge is 0.379 e. The molecule has 6 nitrogen and oxygen atoms in total. The standard InChI is InChI=1S/C23H29N3O3/c1-18(27)25-22(19-7-3-2-4-8-19)15-23(28)24-16-20-9-5-6-10-21(20)17-26-11-13-29-14-12-26/h2-10,22H,11-17H2,1H3,(H,24,28)(H,25,27)/t22-/m0/s1. The Morgan fingerprint density at radius 3 is 2.34 bits per heavy atom. The van der Waals surface area contributed by atoms with E-state index in [0.717, 1.165) is 44.0 Å². The highest BCUT2D eigenvalue weighted by molar-refractivity contribution is 5.79. The maximum Gasteiger partial charge on any atom is 0.222 e. The van der Waals surface area contributed by atoms with Gasteiger partial charge in [0, 0.05) is 33.1 Å². The number of amides is 2. The van der Waals surface area contributed by atoms with Crippen LogP contribution in [-0.2, 0) is 27.4 Å². The number of nitrogens with zero attached hydrogens (tertiary/aromatic N) is 1. The smallest absolute Gasteiger partial charge is 0.222 e. The second-order valence-corrected chi connectivity index (χ2v) is 7.30. The van der Waals surface area contributed by atoms with Crippen LogP contribution in [0, 0.1) is 0 Å². The molecule has 1 aliphatic heterocycles. The third-order valence-corrected chi connectivity index (χ3v) is 5.06. The Morgan fingerprint density at radius 1 is 1.00 bits per heavy atom. The normalized spacial score (nSPS) is 15.5. The summed E-state index contributed by atoms with van der Waals surface area (Å²) in [5.74, 6) is -0.240. The van der Waals surface area contributed by atoms with Crippen molar-refractivity contribution < 1.29 is 14.3 Å². The average Bonchev–Trinajstić information content (AvgIpc) is 2.74. The van der Waals surface area contributed by atoms with Gasteiger partial charge in [-0.2, -0.15) is 0 Å². The highest BCUT2D eigenvalue weighted by Crippen LogP contribution is 2.17. The number of carbonyl (C=O) groups is 2. The first-order valence-corrected chi connectivity index (χ1v) is 10.1. The van der Waals surface area contributed by atoms with Gasteiger partial charge in [-0.3, -0.25) is 14.5 Å². The summed E-state index contributed by atoms with van der Waals surface area (Å²) in [6, 6.07) is 17.4. The Bertz CT molecular complexity index is 804. The van der Waals surface area contributed by atoms with Crippen molar-refractivity contribution in [2.45, 2.75) is 32.5 Å². The molecule has 0 unspecified atom stereocenters. The van der Waals surface area contributed by atoms with Crippen molar-refractivity contribution in [1.82, 2.24) is 15.5 Å². The van der Waals surface area contributed by atoms with E-state index in [-0.39, 0.29) is 24.3 Å². The zero-order chi connectivity index (χ0) is 20.5. The molecule has 1 heterocycles. The lowest BCUT2D eigenvalue weighted by atomic mass is 10.0. The minimum absolute atomic E-state index is 0.0891. The van der Waals surface area contributed by atoms with Crippen LogP contribution in [0.5, 0.6) is 0 Å². The first-order valence-electron chi connectivity index (χ1n) is 10.1. The van der Waals surface area contributed by atoms with E-state index in [1.165, 1.54) is 12.5 Å². The minimum Gasteiger partial charge on any atom is -0.379 e. The first-order chi connectivity index (χ1) is 14.1. The molecule has 2 aromatic carbocycles. The van der Waals surface area contributed by atoms with Gasteiger partial charge < -0.3 is 15.4 Å². The van der Waals surface area contributed by atoms with Crippen LogP contribution in [0.15, 0.2) is 54.6 Å². The zero-order valence-corrected chi connectivity index (χ0v) is 16.9. The molecule has 0 bridgehead atoms. The molecule has 0 aromatic heterocycles. The van der Waals surface area contributed by atoms with Gasteiger partial charge in [-0.1, -0.05) is 54.6 Å². The van der Waals surface area contributed by atoms with Gasteiger partial charge in [0.2, 0.25) is 11.8 Å². The summed E-state index contributed by atoms with van der Waals surface area (Å²) in [4.78, 5) is 26.5. The third-order valence-electron chi connectivity index (χ3n) is 5.06. The summed E-state index contributed by atoms with van der Waals surface area (Å²) < 4.78 is 5.42. The molecule has 0 spiro atoms. The Labute approximate surface area is 172 Å². The molecule has 1 atom stereocenters. The highest BCUT2D eigenvalue weighted by Gasteiger charge is 2.17. The molecule has 2 amide bonds. The molecule has 1 aliphatic rings. The molecule has 29 heavy (non-hydrogen) atoms. The fourth-order valence-corrected chi connectivity index (χ4v) is 3.52. The van der Waals surface area contributed by atoms with Crippen LogP contribution in [0.25, 0.3) is 0 Å². The van der Waals surface area contributed by atoms with Crippen molar-refractivity contribution in [2.75, 3.05) is 26.3 Å². The fourth-order valence-electron chi connectivity index (χ4n) is 3.52. The van der Waals surface area contributed by atoms with Gasteiger partial charge in [0.05, 0.1) is 25.7 Å². The lowest BCUT2D eigenvalue weighted by Gasteiger charge is -2.27. The van der Waals surface area contributed by atoms with Gasteiger partial charge in [-0.05, 0) is 16.7 Å². The van der Waals surface area contributed by atoms with Crippen molar-refractivity contribution in [1.29, 1.82) is 0 Å². The predicted molar refractivity (Wildman–Crippen MR) is 112 cm³/mol. The van der Waals surface area contributed by atoms with Crippen LogP contribution in [-0.4, -0.2) is 43.0 Å². The molecule has 0 radical (unpaired) electrons. The van der Waals surface area contributed by atoms with Crippen LogP contribution in [0.2, 0.25) is 0 Å². The summed E-state index contributed by atoms with van der Waals surface area (Å²) in [5, 5.41) is 5.89. The topological polar surface area (TPSA) is 70.7 Å². The lowest BCUT2D eigenvalue weighted by Crippen LogP contribution is -2.36. The molecule has 0 aliphatic carbocycles.